The Morgan fingerprint density at radius 1 is 1.40 bits per heavy atom. The molecule has 0 bridgehead atoms. The standard InChI is InChI=1S/C13H21F3N2O2/c1-20-11(19)12(17)5-4-10(7-12)18-6-2-3-9(8-18)13(14,15)16/h9-10H,2-8,17H2,1H3. The number of likely N-dealkylation sites (tertiary alicyclic amines) is 1. The maximum Gasteiger partial charge on any atom is 0.393 e. The van der Waals surface area contributed by atoms with Crippen LogP contribution in [0.2, 0.25) is 0 Å². The second kappa shape index (κ2) is 5.52. The largest absolute Gasteiger partial charge is 0.468 e. The smallest absolute Gasteiger partial charge is 0.393 e. The highest BCUT2D eigenvalue weighted by Crippen LogP contribution is 2.38. The normalized spacial score (nSPS) is 36.0. The van der Waals surface area contributed by atoms with Gasteiger partial charge in [-0.05, 0) is 38.6 Å². The lowest BCUT2D eigenvalue weighted by atomic mass is 9.94. The molecule has 2 rings (SSSR count). The summed E-state index contributed by atoms with van der Waals surface area (Å²) in [6.07, 6.45) is -1.91. The van der Waals surface area contributed by atoms with E-state index >= 15 is 0 Å². The molecule has 0 spiro atoms. The molecule has 1 saturated carbocycles. The minimum atomic E-state index is -4.14. The number of halogens is 3. The van der Waals surface area contributed by atoms with Crippen molar-refractivity contribution in [2.45, 2.75) is 49.9 Å². The molecule has 0 aromatic rings. The van der Waals surface area contributed by atoms with Gasteiger partial charge in [-0.15, -0.1) is 0 Å². The second-order valence-corrected chi connectivity index (χ2v) is 5.92. The fourth-order valence-corrected chi connectivity index (χ4v) is 3.35. The second-order valence-electron chi connectivity index (χ2n) is 5.92. The molecule has 1 saturated heterocycles. The number of hydrogen-bond donors (Lipinski definition) is 1. The third-order valence-electron chi connectivity index (χ3n) is 4.55. The molecule has 3 atom stereocenters. The van der Waals surface area contributed by atoms with Gasteiger partial charge in [0.25, 0.3) is 0 Å². The molecular formula is C13H21F3N2O2. The minimum absolute atomic E-state index is 0.0193. The zero-order chi connectivity index (χ0) is 15.0. The zero-order valence-corrected chi connectivity index (χ0v) is 11.6. The van der Waals surface area contributed by atoms with Crippen molar-refractivity contribution >= 4 is 5.97 Å². The summed E-state index contributed by atoms with van der Waals surface area (Å²) in [5, 5.41) is 0. The molecular weight excluding hydrogens is 273 g/mol. The van der Waals surface area contributed by atoms with E-state index in [2.05, 4.69) is 4.74 Å². The molecule has 0 amide bonds. The molecule has 1 heterocycles. The first kappa shape index (κ1) is 15.6. The SMILES string of the molecule is COC(=O)C1(N)CCC(N2CCCC(C(F)(F)F)C2)C1. The first-order valence-electron chi connectivity index (χ1n) is 6.94. The number of esters is 1. The Hall–Kier alpha value is -0.820. The van der Waals surface area contributed by atoms with Gasteiger partial charge >= 0.3 is 12.1 Å². The van der Waals surface area contributed by atoms with E-state index in [0.29, 0.717) is 32.2 Å². The highest BCUT2D eigenvalue weighted by Gasteiger charge is 2.48. The highest BCUT2D eigenvalue weighted by atomic mass is 19.4. The number of hydrogen-bond acceptors (Lipinski definition) is 4. The van der Waals surface area contributed by atoms with Crippen LogP contribution in [0.3, 0.4) is 0 Å². The summed E-state index contributed by atoms with van der Waals surface area (Å²) in [5.41, 5.74) is 4.97. The molecule has 1 aliphatic heterocycles. The van der Waals surface area contributed by atoms with Crippen LogP contribution in [0.5, 0.6) is 0 Å². The van der Waals surface area contributed by atoms with Gasteiger partial charge in [0.05, 0.1) is 13.0 Å². The third kappa shape index (κ3) is 3.09. The van der Waals surface area contributed by atoms with Crippen LogP contribution in [0, 0.1) is 5.92 Å². The van der Waals surface area contributed by atoms with Crippen molar-refractivity contribution < 1.29 is 22.7 Å². The number of nitrogens with zero attached hydrogens (tertiary/aromatic N) is 1. The molecule has 0 aromatic heterocycles. The predicted molar refractivity (Wildman–Crippen MR) is 66.9 cm³/mol. The van der Waals surface area contributed by atoms with Crippen molar-refractivity contribution in [2.24, 2.45) is 11.7 Å². The number of alkyl halides is 3. The summed E-state index contributed by atoms with van der Waals surface area (Å²) < 4.78 is 43.1. The quantitative estimate of drug-likeness (QED) is 0.787. The molecule has 2 fully saturated rings. The molecule has 3 unspecified atom stereocenters. The summed E-state index contributed by atoms with van der Waals surface area (Å²) in [6.45, 7) is 0.667. The molecule has 2 aliphatic rings. The number of piperidine rings is 1. The summed E-state index contributed by atoms with van der Waals surface area (Å²) in [5.74, 6) is -1.73. The Balaban J connectivity index is 1.98. The third-order valence-corrected chi connectivity index (χ3v) is 4.55. The van der Waals surface area contributed by atoms with Gasteiger partial charge in [-0.25, -0.2) is 0 Å². The van der Waals surface area contributed by atoms with Crippen LogP contribution in [0.1, 0.15) is 32.1 Å². The number of carbonyl (C=O) groups is 1. The van der Waals surface area contributed by atoms with Crippen LogP contribution in [-0.2, 0) is 9.53 Å². The highest BCUT2D eigenvalue weighted by molar-refractivity contribution is 5.81. The topological polar surface area (TPSA) is 55.6 Å². The lowest BCUT2D eigenvalue weighted by Gasteiger charge is -2.37. The zero-order valence-electron chi connectivity index (χ0n) is 11.6. The fourth-order valence-electron chi connectivity index (χ4n) is 3.35. The van der Waals surface area contributed by atoms with E-state index < -0.39 is 23.6 Å². The maximum absolute atomic E-state index is 12.8. The lowest BCUT2D eigenvalue weighted by Crippen LogP contribution is -2.50. The van der Waals surface area contributed by atoms with Gasteiger partial charge < -0.3 is 10.5 Å². The Labute approximate surface area is 116 Å². The molecule has 116 valence electrons. The predicted octanol–water partition coefficient (Wildman–Crippen LogP) is 1.68. The average Bonchev–Trinajstić information content (AvgIpc) is 2.81. The van der Waals surface area contributed by atoms with Crippen molar-refractivity contribution in [1.82, 2.24) is 4.90 Å². The minimum Gasteiger partial charge on any atom is -0.468 e. The fraction of sp³-hybridized carbons (Fsp3) is 0.923. The molecule has 0 aromatic carbocycles. The van der Waals surface area contributed by atoms with Gasteiger partial charge in [0, 0.05) is 12.6 Å². The van der Waals surface area contributed by atoms with Crippen LogP contribution < -0.4 is 5.73 Å². The maximum atomic E-state index is 12.8. The van der Waals surface area contributed by atoms with Crippen molar-refractivity contribution in [1.29, 1.82) is 0 Å². The van der Waals surface area contributed by atoms with Crippen LogP contribution in [0.15, 0.2) is 0 Å². The Morgan fingerprint density at radius 3 is 2.70 bits per heavy atom. The van der Waals surface area contributed by atoms with Gasteiger partial charge in [0.2, 0.25) is 0 Å². The van der Waals surface area contributed by atoms with Gasteiger partial charge in [-0.1, -0.05) is 0 Å². The van der Waals surface area contributed by atoms with Gasteiger partial charge in [0.15, 0.2) is 0 Å². The number of nitrogens with two attached hydrogens (primary N) is 1. The van der Waals surface area contributed by atoms with E-state index in [4.69, 9.17) is 5.73 Å². The monoisotopic (exact) mass is 294 g/mol. The van der Waals surface area contributed by atoms with Gasteiger partial charge in [-0.3, -0.25) is 9.69 Å². The Morgan fingerprint density at radius 2 is 2.10 bits per heavy atom. The van der Waals surface area contributed by atoms with Gasteiger partial charge in [-0.2, -0.15) is 13.2 Å². The van der Waals surface area contributed by atoms with Crippen LogP contribution in [-0.4, -0.2) is 48.8 Å². The summed E-state index contributed by atoms with van der Waals surface area (Å²) in [4.78, 5) is 13.5. The summed E-state index contributed by atoms with van der Waals surface area (Å²) in [7, 11) is 1.28. The van der Waals surface area contributed by atoms with Crippen molar-refractivity contribution in [3.8, 4) is 0 Å². The van der Waals surface area contributed by atoms with Crippen LogP contribution >= 0.6 is 0 Å². The summed E-state index contributed by atoms with van der Waals surface area (Å²) in [6, 6.07) is -0.0516. The molecule has 2 N–H and O–H groups in total. The first-order chi connectivity index (χ1) is 9.26. The number of methoxy groups -OCH3 is 1. The number of rotatable bonds is 2. The van der Waals surface area contributed by atoms with Gasteiger partial charge in [0.1, 0.15) is 5.54 Å². The van der Waals surface area contributed by atoms with E-state index in [9.17, 15) is 18.0 Å². The molecule has 4 nitrogen and oxygen atoms in total. The Bertz CT molecular complexity index is 375. The molecule has 0 radical (unpaired) electrons. The molecule has 1 aliphatic carbocycles. The average molecular weight is 294 g/mol. The van der Waals surface area contributed by atoms with Crippen molar-refractivity contribution in [2.75, 3.05) is 20.2 Å². The number of ether oxygens (including phenoxy) is 1. The van der Waals surface area contributed by atoms with Crippen LogP contribution in [0.4, 0.5) is 13.2 Å². The van der Waals surface area contributed by atoms with Crippen molar-refractivity contribution in [3.05, 3.63) is 0 Å². The first-order valence-corrected chi connectivity index (χ1v) is 6.94. The van der Waals surface area contributed by atoms with E-state index in [1.54, 1.807) is 0 Å². The lowest BCUT2D eigenvalue weighted by molar-refractivity contribution is -0.188. The molecule has 7 heteroatoms. The van der Waals surface area contributed by atoms with E-state index in [1.165, 1.54) is 7.11 Å². The summed E-state index contributed by atoms with van der Waals surface area (Å²) >= 11 is 0. The Kier molecular flexibility index (Phi) is 4.30. The molecule has 20 heavy (non-hydrogen) atoms. The van der Waals surface area contributed by atoms with E-state index in [0.717, 1.165) is 0 Å². The number of carbonyl (C=O) groups excluding carboxylic acids is 1. The van der Waals surface area contributed by atoms with Crippen LogP contribution in [0.25, 0.3) is 0 Å². The van der Waals surface area contributed by atoms with Crippen molar-refractivity contribution in [3.63, 3.8) is 0 Å². The van der Waals surface area contributed by atoms with E-state index in [1.807, 2.05) is 4.90 Å². The van der Waals surface area contributed by atoms with E-state index in [-0.39, 0.29) is 19.0 Å².